The number of halogens is 3. The Kier molecular flexibility index (Phi) is 4.21. The van der Waals surface area contributed by atoms with Gasteiger partial charge in [0.25, 0.3) is 9.70 Å². The third-order valence-electron chi connectivity index (χ3n) is 4.45. The zero-order chi connectivity index (χ0) is 18.7. The van der Waals surface area contributed by atoms with Gasteiger partial charge >= 0.3 is 6.03 Å². The molecule has 1 fully saturated rings. The van der Waals surface area contributed by atoms with Crippen molar-refractivity contribution >= 4 is 46.7 Å². The second kappa shape index (κ2) is 5.75. The number of fused-ring (bicyclic) bond motifs is 3. The molecule has 11 heteroatoms. The number of imide groups is 1. The second-order valence-electron chi connectivity index (χ2n) is 6.60. The Labute approximate surface area is 158 Å². The molecule has 3 rings (SSSR count). The molecular weight excluding hydrogens is 397 g/mol. The molecule has 25 heavy (non-hydrogen) atoms. The molecule has 0 saturated carbocycles. The number of nitrogens with one attached hydrogen (secondary N) is 2. The van der Waals surface area contributed by atoms with Gasteiger partial charge in [-0.25, -0.2) is 4.79 Å². The summed E-state index contributed by atoms with van der Waals surface area (Å²) in [5, 5.41) is 22.0. The lowest BCUT2D eigenvalue weighted by Crippen LogP contribution is -2.57. The van der Waals surface area contributed by atoms with Crippen LogP contribution in [0.1, 0.15) is 31.9 Å². The van der Waals surface area contributed by atoms with Gasteiger partial charge in [0.05, 0.1) is 5.56 Å². The molecule has 0 aliphatic carbocycles. The van der Waals surface area contributed by atoms with Crippen LogP contribution in [0.15, 0.2) is 0 Å². The zero-order valence-corrected chi connectivity index (χ0v) is 15.5. The highest BCUT2D eigenvalue weighted by molar-refractivity contribution is 6.76. The minimum Gasteiger partial charge on any atom is -0.494 e. The number of hydrogen-bond donors (Lipinski definition) is 4. The molecule has 0 spiro atoms. The van der Waals surface area contributed by atoms with Crippen LogP contribution in [0, 0.1) is 5.92 Å². The smallest absolute Gasteiger partial charge is 0.324 e. The van der Waals surface area contributed by atoms with Crippen LogP contribution < -0.4 is 10.1 Å². The van der Waals surface area contributed by atoms with Crippen LogP contribution >= 0.6 is 34.8 Å². The Hall–Kier alpha value is -1.51. The average Bonchev–Trinajstić information content (AvgIpc) is 2.90. The van der Waals surface area contributed by atoms with Crippen molar-refractivity contribution in [1.82, 2.24) is 15.2 Å². The van der Waals surface area contributed by atoms with Crippen molar-refractivity contribution in [2.75, 3.05) is 6.54 Å². The molecule has 4 N–H and O–H groups in total. The Morgan fingerprint density at radius 1 is 1.36 bits per heavy atom. The lowest BCUT2D eigenvalue weighted by Gasteiger charge is -2.45. The molecule has 3 atom stereocenters. The summed E-state index contributed by atoms with van der Waals surface area (Å²) in [6.07, 6.45) is 0.577. The van der Waals surface area contributed by atoms with Crippen LogP contribution in [0.3, 0.4) is 0 Å². The summed E-state index contributed by atoms with van der Waals surface area (Å²) in [5.74, 6) is -1.59. The van der Waals surface area contributed by atoms with Gasteiger partial charge < -0.3 is 19.8 Å². The fraction of sp³-hybridized carbons (Fsp3) is 0.571. The zero-order valence-electron chi connectivity index (χ0n) is 13.3. The van der Waals surface area contributed by atoms with Crippen LogP contribution in [-0.4, -0.2) is 48.0 Å². The lowest BCUT2D eigenvalue weighted by molar-refractivity contribution is -0.119. The predicted octanol–water partition coefficient (Wildman–Crippen LogP) is 2.57. The van der Waals surface area contributed by atoms with E-state index in [0.29, 0.717) is 6.42 Å². The lowest BCUT2D eigenvalue weighted by atomic mass is 9.80. The van der Waals surface area contributed by atoms with Crippen LogP contribution in [-0.2, 0) is 4.79 Å². The van der Waals surface area contributed by atoms with E-state index in [1.54, 1.807) is 6.92 Å². The normalized spacial score (nSPS) is 28.1. The number of H-pyrrole nitrogens is 1. The SMILES string of the molecule is C[C@@H]1CN(C(=O)NC(=O)C(Cl)(Cl)Cl)[C@H]2c3c(O)[nH]c(O)c3O[C@@]2(C)C1. The van der Waals surface area contributed by atoms with Gasteiger partial charge in [-0.3, -0.25) is 15.1 Å². The van der Waals surface area contributed by atoms with Crippen molar-refractivity contribution in [3.05, 3.63) is 5.56 Å². The fourth-order valence-corrected chi connectivity index (χ4v) is 3.84. The highest BCUT2D eigenvalue weighted by Crippen LogP contribution is 2.57. The predicted molar refractivity (Wildman–Crippen MR) is 90.2 cm³/mol. The number of urea groups is 1. The second-order valence-corrected chi connectivity index (χ2v) is 8.88. The molecule has 0 aromatic carbocycles. The maximum atomic E-state index is 12.6. The Morgan fingerprint density at radius 2 is 2.00 bits per heavy atom. The number of carbonyl (C=O) groups excluding carboxylic acids is 2. The van der Waals surface area contributed by atoms with Crippen molar-refractivity contribution in [1.29, 1.82) is 0 Å². The number of aromatic hydroxyl groups is 2. The summed E-state index contributed by atoms with van der Waals surface area (Å²) in [7, 11) is 0. The third-order valence-corrected chi connectivity index (χ3v) is 4.97. The molecule has 2 aliphatic rings. The van der Waals surface area contributed by atoms with E-state index in [1.807, 2.05) is 12.2 Å². The van der Waals surface area contributed by atoms with Gasteiger partial charge in [0.2, 0.25) is 11.8 Å². The van der Waals surface area contributed by atoms with E-state index in [1.165, 1.54) is 4.90 Å². The number of aromatic amines is 1. The van der Waals surface area contributed by atoms with Gasteiger partial charge in [-0.05, 0) is 19.3 Å². The quantitative estimate of drug-likeness (QED) is 0.489. The molecule has 3 heterocycles. The first-order chi connectivity index (χ1) is 11.4. The Bertz CT molecular complexity index is 747. The van der Waals surface area contributed by atoms with Crippen molar-refractivity contribution in [2.24, 2.45) is 5.92 Å². The minimum absolute atomic E-state index is 0.0344. The monoisotopic (exact) mass is 411 g/mol. The molecule has 1 aromatic heterocycles. The Morgan fingerprint density at radius 3 is 2.60 bits per heavy atom. The maximum absolute atomic E-state index is 12.6. The maximum Gasteiger partial charge on any atom is 0.324 e. The van der Waals surface area contributed by atoms with Crippen LogP contribution in [0.2, 0.25) is 0 Å². The highest BCUT2D eigenvalue weighted by atomic mass is 35.6. The van der Waals surface area contributed by atoms with E-state index in [-0.39, 0.29) is 35.5 Å². The molecule has 138 valence electrons. The van der Waals surface area contributed by atoms with E-state index in [0.717, 1.165) is 0 Å². The number of aromatic nitrogens is 1. The molecule has 8 nitrogen and oxygen atoms in total. The number of hydrogen-bond acceptors (Lipinski definition) is 5. The molecule has 3 amide bonds. The van der Waals surface area contributed by atoms with Gasteiger partial charge in [-0.1, -0.05) is 41.7 Å². The number of amides is 3. The van der Waals surface area contributed by atoms with Crippen LogP contribution in [0.25, 0.3) is 0 Å². The summed E-state index contributed by atoms with van der Waals surface area (Å²) >= 11 is 16.5. The van der Waals surface area contributed by atoms with Gasteiger partial charge in [0.1, 0.15) is 11.6 Å². The van der Waals surface area contributed by atoms with Crippen molar-refractivity contribution < 1.29 is 24.5 Å². The molecule has 2 aliphatic heterocycles. The van der Waals surface area contributed by atoms with Crippen LogP contribution in [0.5, 0.6) is 17.5 Å². The van der Waals surface area contributed by atoms with E-state index in [9.17, 15) is 19.8 Å². The topological polar surface area (TPSA) is 115 Å². The minimum atomic E-state index is -2.29. The van der Waals surface area contributed by atoms with E-state index >= 15 is 0 Å². The van der Waals surface area contributed by atoms with E-state index < -0.39 is 27.4 Å². The largest absolute Gasteiger partial charge is 0.494 e. The number of carbonyl (C=O) groups is 2. The Balaban J connectivity index is 1.97. The van der Waals surface area contributed by atoms with E-state index in [2.05, 4.69) is 4.98 Å². The summed E-state index contributed by atoms with van der Waals surface area (Å²) < 4.78 is 3.56. The molecule has 1 saturated heterocycles. The average molecular weight is 413 g/mol. The summed E-state index contributed by atoms with van der Waals surface area (Å²) in [5.41, 5.74) is -0.629. The molecular formula is C14H16Cl3N3O5. The summed E-state index contributed by atoms with van der Waals surface area (Å²) in [6, 6.07) is -1.50. The van der Waals surface area contributed by atoms with Crippen molar-refractivity contribution in [3.63, 3.8) is 0 Å². The number of ether oxygens (including phenoxy) is 1. The van der Waals surface area contributed by atoms with Gasteiger partial charge in [0.15, 0.2) is 5.75 Å². The number of nitrogens with zero attached hydrogens (tertiary/aromatic N) is 1. The number of alkyl halides is 3. The molecule has 0 bridgehead atoms. The number of likely N-dealkylation sites (tertiary alicyclic amines) is 1. The van der Waals surface area contributed by atoms with Gasteiger partial charge in [-0.15, -0.1) is 0 Å². The van der Waals surface area contributed by atoms with Gasteiger partial charge in [0, 0.05) is 6.54 Å². The molecule has 0 unspecified atom stereocenters. The van der Waals surface area contributed by atoms with Crippen molar-refractivity contribution in [3.8, 4) is 17.5 Å². The van der Waals surface area contributed by atoms with Crippen LogP contribution in [0.4, 0.5) is 4.79 Å². The molecule has 1 aromatic rings. The molecule has 0 radical (unpaired) electrons. The van der Waals surface area contributed by atoms with E-state index in [4.69, 9.17) is 39.5 Å². The first kappa shape index (κ1) is 18.3. The first-order valence-electron chi connectivity index (χ1n) is 7.45. The van der Waals surface area contributed by atoms with Gasteiger partial charge in [-0.2, -0.15) is 0 Å². The summed E-state index contributed by atoms with van der Waals surface area (Å²) in [6.45, 7) is 3.97. The highest BCUT2D eigenvalue weighted by Gasteiger charge is 2.56. The number of rotatable bonds is 0. The standard InChI is InChI=1S/C14H16Cl3N3O5/c1-5-3-13(2)8(6-7(25-13)10(22)18-9(6)21)20(4-5)12(24)19-11(23)14(15,16)17/h5,8,18,21-22H,3-4H2,1-2H3,(H,19,23,24)/t5-,8-,13-/m0/s1. The fourth-order valence-electron chi connectivity index (χ4n) is 3.70. The summed E-state index contributed by atoms with van der Waals surface area (Å²) in [4.78, 5) is 28.1. The third kappa shape index (κ3) is 2.96. The number of piperidine rings is 1. The van der Waals surface area contributed by atoms with Crippen molar-refractivity contribution in [2.45, 2.75) is 35.7 Å². The first-order valence-corrected chi connectivity index (χ1v) is 8.59.